The maximum Gasteiger partial charge on any atom is 0.187 e. The van der Waals surface area contributed by atoms with E-state index >= 15 is 0 Å². The van der Waals surface area contributed by atoms with Gasteiger partial charge in [0, 0.05) is 30.5 Å². The van der Waals surface area contributed by atoms with Crippen molar-refractivity contribution in [2.45, 2.75) is 51.3 Å². The molecular formula is C30H31ClN4O2. The summed E-state index contributed by atoms with van der Waals surface area (Å²) in [7, 11) is 1.56. The Bertz CT molecular complexity index is 1430. The largest absolute Gasteiger partial charge is 0.495 e. The molecule has 2 N–H and O–H groups in total. The average molecular weight is 515 g/mol. The highest BCUT2D eigenvalue weighted by Crippen LogP contribution is 2.34. The van der Waals surface area contributed by atoms with Gasteiger partial charge in [0.2, 0.25) is 0 Å². The molecule has 1 aliphatic rings. The van der Waals surface area contributed by atoms with Crippen molar-refractivity contribution < 1.29 is 9.84 Å². The number of rotatable bonds is 8. The molecule has 2 heterocycles. The normalized spacial score (nSPS) is 17.6. The molecule has 1 aliphatic carbocycles. The van der Waals surface area contributed by atoms with Gasteiger partial charge in [0.1, 0.15) is 11.4 Å². The van der Waals surface area contributed by atoms with Crippen molar-refractivity contribution in [3.8, 4) is 17.0 Å². The lowest BCUT2D eigenvalue weighted by Crippen LogP contribution is -2.33. The number of hydrogen-bond donors (Lipinski definition) is 2. The lowest BCUT2D eigenvalue weighted by atomic mass is 9.82. The Labute approximate surface area is 222 Å². The van der Waals surface area contributed by atoms with Crippen LogP contribution in [-0.4, -0.2) is 27.6 Å². The quantitative estimate of drug-likeness (QED) is 0.260. The van der Waals surface area contributed by atoms with E-state index in [1.807, 2.05) is 34.9 Å². The van der Waals surface area contributed by atoms with Crippen molar-refractivity contribution in [2.75, 3.05) is 7.11 Å². The molecule has 4 aromatic rings. The van der Waals surface area contributed by atoms with Crippen LogP contribution in [0.3, 0.4) is 0 Å². The van der Waals surface area contributed by atoms with Gasteiger partial charge in [-0.1, -0.05) is 35.9 Å². The SMILES string of the molecule is [C-]#[N+]c1cccc(CNC2CCC(Cc3ccn4cc(-c5cc(Cl)c(OC)cc5CO)nc4c3)CC2)c1. The van der Waals surface area contributed by atoms with Crippen molar-refractivity contribution in [3.63, 3.8) is 0 Å². The average Bonchev–Trinajstić information content (AvgIpc) is 3.36. The minimum atomic E-state index is -0.118. The fourth-order valence-corrected chi connectivity index (χ4v) is 5.54. The Morgan fingerprint density at radius 2 is 1.97 bits per heavy atom. The summed E-state index contributed by atoms with van der Waals surface area (Å²) in [5.74, 6) is 1.21. The maximum absolute atomic E-state index is 9.88. The monoisotopic (exact) mass is 514 g/mol. The van der Waals surface area contributed by atoms with Crippen LogP contribution in [0.15, 0.2) is 60.9 Å². The number of halogens is 1. The topological polar surface area (TPSA) is 63.2 Å². The molecule has 37 heavy (non-hydrogen) atoms. The van der Waals surface area contributed by atoms with Gasteiger partial charge in [0.05, 0.1) is 31.0 Å². The molecule has 0 spiro atoms. The van der Waals surface area contributed by atoms with E-state index in [0.29, 0.717) is 28.4 Å². The van der Waals surface area contributed by atoms with Crippen molar-refractivity contribution >= 4 is 22.9 Å². The maximum atomic E-state index is 9.88. The Kier molecular flexibility index (Phi) is 7.76. The second kappa shape index (κ2) is 11.4. The van der Waals surface area contributed by atoms with Crippen molar-refractivity contribution in [2.24, 2.45) is 5.92 Å². The molecule has 190 valence electrons. The van der Waals surface area contributed by atoms with Crippen LogP contribution >= 0.6 is 11.6 Å². The van der Waals surface area contributed by atoms with Gasteiger partial charge in [-0.25, -0.2) is 9.83 Å². The first kappa shape index (κ1) is 25.3. The number of nitrogens with zero attached hydrogens (tertiary/aromatic N) is 3. The standard InChI is InChI=1S/C30H31ClN4O2/c1-32-25-5-3-4-22(13-25)17-33-24-8-6-20(7-9-24)12-21-10-11-35-18-28(34-30(35)14-21)26-16-27(31)29(37-2)15-23(26)19-36/h3-5,10-11,13-16,18,20,24,33,36H,6-9,12,17,19H2,2H3. The Morgan fingerprint density at radius 3 is 2.73 bits per heavy atom. The Balaban J connectivity index is 1.21. The van der Waals surface area contributed by atoms with Gasteiger partial charge >= 0.3 is 0 Å². The van der Waals surface area contributed by atoms with Crippen LogP contribution in [0.4, 0.5) is 5.69 Å². The molecule has 0 saturated heterocycles. The first-order valence-corrected chi connectivity index (χ1v) is 13.1. The molecule has 0 bridgehead atoms. The Morgan fingerprint density at radius 1 is 1.14 bits per heavy atom. The molecule has 0 unspecified atom stereocenters. The zero-order valence-corrected chi connectivity index (χ0v) is 21.7. The van der Waals surface area contributed by atoms with E-state index in [2.05, 4.69) is 34.6 Å². The third kappa shape index (κ3) is 5.80. The highest BCUT2D eigenvalue weighted by atomic mass is 35.5. The Hall–Kier alpha value is -3.37. The van der Waals surface area contributed by atoms with Crippen LogP contribution in [0, 0.1) is 12.5 Å². The van der Waals surface area contributed by atoms with E-state index in [4.69, 9.17) is 27.9 Å². The number of methoxy groups -OCH3 is 1. The molecule has 1 saturated carbocycles. The smallest absolute Gasteiger partial charge is 0.187 e. The van der Waals surface area contributed by atoms with Gasteiger partial charge < -0.3 is 19.6 Å². The van der Waals surface area contributed by atoms with Crippen LogP contribution in [-0.2, 0) is 19.6 Å². The van der Waals surface area contributed by atoms with Gasteiger partial charge in [-0.15, -0.1) is 0 Å². The third-order valence-electron chi connectivity index (χ3n) is 7.35. The van der Waals surface area contributed by atoms with Gasteiger partial charge in [0.15, 0.2) is 5.69 Å². The molecular weight excluding hydrogens is 484 g/mol. The van der Waals surface area contributed by atoms with Crippen LogP contribution in [0.1, 0.15) is 42.4 Å². The number of ether oxygens (including phenoxy) is 1. The number of imidazole rings is 1. The van der Waals surface area contributed by atoms with Crippen molar-refractivity contribution in [1.82, 2.24) is 14.7 Å². The van der Waals surface area contributed by atoms with Crippen LogP contribution in [0.5, 0.6) is 5.75 Å². The van der Waals surface area contributed by atoms with Gasteiger partial charge in [-0.3, -0.25) is 0 Å². The molecule has 0 atom stereocenters. The number of aliphatic hydroxyl groups is 1. The van der Waals surface area contributed by atoms with E-state index in [0.717, 1.165) is 35.4 Å². The summed E-state index contributed by atoms with van der Waals surface area (Å²) in [5.41, 5.74) is 6.38. The van der Waals surface area contributed by atoms with E-state index in [1.54, 1.807) is 13.2 Å². The molecule has 2 aromatic carbocycles. The lowest BCUT2D eigenvalue weighted by molar-refractivity contribution is 0.281. The molecule has 1 fully saturated rings. The number of pyridine rings is 1. The molecule has 5 rings (SSSR count). The number of hydrogen-bond acceptors (Lipinski definition) is 4. The number of fused-ring (bicyclic) bond motifs is 1. The summed E-state index contributed by atoms with van der Waals surface area (Å²) in [6.45, 7) is 7.88. The lowest BCUT2D eigenvalue weighted by Gasteiger charge is -2.29. The van der Waals surface area contributed by atoms with Crippen LogP contribution in [0.2, 0.25) is 5.02 Å². The predicted octanol–water partition coefficient (Wildman–Crippen LogP) is 6.60. The minimum Gasteiger partial charge on any atom is -0.495 e. The van der Waals surface area contributed by atoms with E-state index < -0.39 is 0 Å². The zero-order valence-electron chi connectivity index (χ0n) is 21.0. The predicted molar refractivity (Wildman–Crippen MR) is 147 cm³/mol. The number of aliphatic hydroxyl groups excluding tert-OH is 1. The van der Waals surface area contributed by atoms with Gasteiger partial charge in [-0.2, -0.15) is 0 Å². The van der Waals surface area contributed by atoms with Gasteiger partial charge in [0.25, 0.3) is 0 Å². The van der Waals surface area contributed by atoms with Gasteiger partial charge in [-0.05, 0) is 79.0 Å². The summed E-state index contributed by atoms with van der Waals surface area (Å²) >= 11 is 6.36. The summed E-state index contributed by atoms with van der Waals surface area (Å²) < 4.78 is 7.31. The number of aromatic nitrogens is 2. The third-order valence-corrected chi connectivity index (χ3v) is 7.65. The molecule has 0 aliphatic heterocycles. The minimum absolute atomic E-state index is 0.118. The highest BCUT2D eigenvalue weighted by Gasteiger charge is 2.21. The highest BCUT2D eigenvalue weighted by molar-refractivity contribution is 6.32. The number of nitrogens with one attached hydrogen (secondary N) is 1. The first-order chi connectivity index (χ1) is 18.1. The summed E-state index contributed by atoms with van der Waals surface area (Å²) in [4.78, 5) is 8.37. The summed E-state index contributed by atoms with van der Waals surface area (Å²) in [6.07, 6.45) is 9.84. The second-order valence-electron chi connectivity index (χ2n) is 9.81. The summed E-state index contributed by atoms with van der Waals surface area (Å²) in [5, 5.41) is 14.1. The van der Waals surface area contributed by atoms with Crippen LogP contribution in [0.25, 0.3) is 21.7 Å². The molecule has 0 amide bonds. The van der Waals surface area contributed by atoms with E-state index in [-0.39, 0.29) is 6.61 Å². The molecule has 0 radical (unpaired) electrons. The zero-order chi connectivity index (χ0) is 25.8. The summed E-state index contributed by atoms with van der Waals surface area (Å²) in [6, 6.07) is 16.3. The van der Waals surface area contributed by atoms with Crippen LogP contribution < -0.4 is 10.1 Å². The van der Waals surface area contributed by atoms with Crippen molar-refractivity contribution in [3.05, 3.63) is 94.1 Å². The first-order valence-electron chi connectivity index (χ1n) is 12.7. The number of benzene rings is 2. The molecule has 2 aromatic heterocycles. The van der Waals surface area contributed by atoms with E-state index in [1.165, 1.54) is 36.8 Å². The molecule has 6 nitrogen and oxygen atoms in total. The fourth-order valence-electron chi connectivity index (χ4n) is 5.30. The second-order valence-corrected chi connectivity index (χ2v) is 10.2. The molecule has 7 heteroatoms. The fraction of sp³-hybridized carbons (Fsp3) is 0.333. The van der Waals surface area contributed by atoms with E-state index in [9.17, 15) is 5.11 Å². The van der Waals surface area contributed by atoms with Crippen molar-refractivity contribution in [1.29, 1.82) is 0 Å².